The quantitative estimate of drug-likeness (QED) is 0.674. The van der Waals surface area contributed by atoms with Crippen molar-refractivity contribution < 1.29 is 0 Å². The molecule has 0 fully saturated rings. The zero-order chi connectivity index (χ0) is 13.7. The number of halogens is 1. The first kappa shape index (κ1) is 14.3. The second-order valence-electron chi connectivity index (χ2n) is 4.21. The van der Waals surface area contributed by atoms with Crippen molar-refractivity contribution in [1.82, 2.24) is 9.97 Å². The molecule has 0 saturated heterocycles. The Morgan fingerprint density at radius 3 is 2.84 bits per heavy atom. The van der Waals surface area contributed by atoms with E-state index >= 15 is 0 Å². The Morgan fingerprint density at radius 2 is 2.21 bits per heavy atom. The average molecular weight is 294 g/mol. The second kappa shape index (κ2) is 6.89. The number of rotatable bonds is 5. The minimum absolute atomic E-state index is 0.0541. The van der Waals surface area contributed by atoms with Crippen molar-refractivity contribution in [3.8, 4) is 0 Å². The van der Waals surface area contributed by atoms with E-state index in [0.717, 1.165) is 22.0 Å². The van der Waals surface area contributed by atoms with Gasteiger partial charge in [0.2, 0.25) is 0 Å². The molecule has 0 radical (unpaired) electrons. The minimum Gasteiger partial charge on any atom is -0.326 e. The number of nitrogens with zero attached hydrogens (tertiary/aromatic N) is 2. The summed E-state index contributed by atoms with van der Waals surface area (Å²) in [6, 6.07) is 9.79. The maximum Gasteiger partial charge on any atom is 0.116 e. The fraction of sp³-hybridized carbons (Fsp3) is 0.286. The van der Waals surface area contributed by atoms with Gasteiger partial charge in [-0.2, -0.15) is 0 Å². The summed E-state index contributed by atoms with van der Waals surface area (Å²) in [5.41, 5.74) is 7.37. The predicted octanol–water partition coefficient (Wildman–Crippen LogP) is 3.70. The lowest BCUT2D eigenvalue weighted by atomic mass is 10.0. The second-order valence-corrected chi connectivity index (χ2v) is 5.81. The third-order valence-corrected chi connectivity index (χ3v) is 4.43. The Morgan fingerprint density at radius 1 is 1.37 bits per heavy atom. The zero-order valence-electron chi connectivity index (χ0n) is 10.7. The van der Waals surface area contributed by atoms with Crippen LogP contribution < -0.4 is 5.73 Å². The molecule has 2 aromatic rings. The fourth-order valence-corrected chi connectivity index (χ4v) is 3.13. The van der Waals surface area contributed by atoms with E-state index < -0.39 is 0 Å². The normalized spacial score (nSPS) is 14.1. The number of thioether (sulfide) groups is 1. The summed E-state index contributed by atoms with van der Waals surface area (Å²) < 4.78 is 0. The van der Waals surface area contributed by atoms with Crippen LogP contribution in [0.5, 0.6) is 0 Å². The van der Waals surface area contributed by atoms with E-state index in [1.165, 1.54) is 0 Å². The number of nitrogens with two attached hydrogens (primary N) is 1. The van der Waals surface area contributed by atoms with Gasteiger partial charge >= 0.3 is 0 Å². The third kappa shape index (κ3) is 3.93. The fourth-order valence-electron chi connectivity index (χ4n) is 1.78. The molecule has 5 heteroatoms. The average Bonchev–Trinajstić information content (AvgIpc) is 2.45. The molecule has 0 bridgehead atoms. The van der Waals surface area contributed by atoms with Gasteiger partial charge in [0.25, 0.3) is 0 Å². The molecule has 2 N–H and O–H groups in total. The van der Waals surface area contributed by atoms with Crippen molar-refractivity contribution in [2.45, 2.75) is 29.7 Å². The lowest BCUT2D eigenvalue weighted by Crippen LogP contribution is -2.25. The van der Waals surface area contributed by atoms with Crippen LogP contribution in [0.2, 0.25) is 5.02 Å². The van der Waals surface area contributed by atoms with E-state index in [0.29, 0.717) is 0 Å². The molecule has 19 heavy (non-hydrogen) atoms. The van der Waals surface area contributed by atoms with Crippen molar-refractivity contribution >= 4 is 23.4 Å². The topological polar surface area (TPSA) is 51.8 Å². The summed E-state index contributed by atoms with van der Waals surface area (Å²) in [7, 11) is 0. The molecule has 0 spiro atoms. The van der Waals surface area contributed by atoms with Crippen molar-refractivity contribution in [2.24, 2.45) is 5.73 Å². The van der Waals surface area contributed by atoms with Crippen LogP contribution in [0.3, 0.4) is 0 Å². The molecule has 0 aliphatic rings. The van der Waals surface area contributed by atoms with E-state index in [2.05, 4.69) is 23.0 Å². The van der Waals surface area contributed by atoms with Crippen LogP contribution in [0.25, 0.3) is 0 Å². The molecule has 3 nitrogen and oxygen atoms in total. The molecule has 100 valence electrons. The standard InChI is InChI=1S/C14H16ClN3S/c1-2-12(16)14(10-4-3-5-11(15)8-10)19-13-6-7-17-9-18-13/h3-9,12,14H,2,16H2,1H3. The zero-order valence-corrected chi connectivity index (χ0v) is 12.2. The van der Waals surface area contributed by atoms with Crippen LogP contribution in [-0.4, -0.2) is 16.0 Å². The molecule has 1 heterocycles. The Kier molecular flexibility index (Phi) is 5.19. The first-order valence-electron chi connectivity index (χ1n) is 6.14. The van der Waals surface area contributed by atoms with Gasteiger partial charge in [0.05, 0.1) is 10.3 Å². The molecule has 0 saturated carbocycles. The number of benzene rings is 1. The molecular weight excluding hydrogens is 278 g/mol. The van der Waals surface area contributed by atoms with Gasteiger partial charge in [-0.15, -0.1) is 0 Å². The lowest BCUT2D eigenvalue weighted by molar-refractivity contribution is 0.633. The summed E-state index contributed by atoms with van der Waals surface area (Å²) >= 11 is 7.71. The molecular formula is C14H16ClN3S. The van der Waals surface area contributed by atoms with Gasteiger partial charge in [-0.05, 0) is 30.2 Å². The van der Waals surface area contributed by atoms with E-state index in [9.17, 15) is 0 Å². The largest absolute Gasteiger partial charge is 0.326 e. The summed E-state index contributed by atoms with van der Waals surface area (Å²) in [5.74, 6) is 0. The van der Waals surface area contributed by atoms with Gasteiger partial charge < -0.3 is 5.73 Å². The first-order valence-corrected chi connectivity index (χ1v) is 7.40. The third-order valence-electron chi connectivity index (χ3n) is 2.84. The molecule has 2 rings (SSSR count). The summed E-state index contributed by atoms with van der Waals surface area (Å²) in [6.07, 6.45) is 4.19. The number of hydrogen-bond donors (Lipinski definition) is 1. The van der Waals surface area contributed by atoms with Gasteiger partial charge in [0, 0.05) is 17.3 Å². The summed E-state index contributed by atoms with van der Waals surface area (Å²) in [6.45, 7) is 2.09. The van der Waals surface area contributed by atoms with Crippen molar-refractivity contribution in [1.29, 1.82) is 0 Å². The van der Waals surface area contributed by atoms with Crippen molar-refractivity contribution in [2.75, 3.05) is 0 Å². The maximum atomic E-state index is 6.24. The Hall–Kier alpha value is -1.10. The van der Waals surface area contributed by atoms with Crippen LogP contribution in [0.4, 0.5) is 0 Å². The Bertz CT molecular complexity index is 521. The van der Waals surface area contributed by atoms with Crippen molar-refractivity contribution in [3.63, 3.8) is 0 Å². The van der Waals surface area contributed by atoms with E-state index in [4.69, 9.17) is 17.3 Å². The van der Waals surface area contributed by atoms with Gasteiger partial charge in [-0.25, -0.2) is 9.97 Å². The van der Waals surface area contributed by atoms with Crippen LogP contribution in [0.1, 0.15) is 24.2 Å². The number of hydrogen-bond acceptors (Lipinski definition) is 4. The monoisotopic (exact) mass is 293 g/mol. The van der Waals surface area contributed by atoms with E-state index in [-0.39, 0.29) is 11.3 Å². The highest BCUT2D eigenvalue weighted by Gasteiger charge is 2.20. The smallest absolute Gasteiger partial charge is 0.116 e. The number of aromatic nitrogens is 2. The van der Waals surface area contributed by atoms with Crippen LogP contribution >= 0.6 is 23.4 Å². The van der Waals surface area contributed by atoms with E-state index in [1.54, 1.807) is 24.3 Å². The van der Waals surface area contributed by atoms with Crippen LogP contribution in [0.15, 0.2) is 47.9 Å². The molecule has 0 aliphatic heterocycles. The molecule has 2 atom stereocenters. The highest BCUT2D eigenvalue weighted by Crippen LogP contribution is 2.37. The molecule has 1 aromatic heterocycles. The molecule has 0 amide bonds. The SMILES string of the molecule is CCC(N)C(Sc1ccncn1)c1cccc(Cl)c1. The lowest BCUT2D eigenvalue weighted by Gasteiger charge is -2.22. The van der Waals surface area contributed by atoms with Gasteiger partial charge in [-0.1, -0.05) is 42.4 Å². The maximum absolute atomic E-state index is 6.24. The highest BCUT2D eigenvalue weighted by atomic mass is 35.5. The Balaban J connectivity index is 2.26. The Labute approximate surface area is 122 Å². The predicted molar refractivity (Wildman–Crippen MR) is 80.3 cm³/mol. The van der Waals surface area contributed by atoms with Crippen molar-refractivity contribution in [3.05, 3.63) is 53.4 Å². The minimum atomic E-state index is 0.0541. The van der Waals surface area contributed by atoms with Crippen LogP contribution in [0, 0.1) is 0 Å². The van der Waals surface area contributed by atoms with Gasteiger partial charge in [-0.3, -0.25) is 0 Å². The molecule has 2 unspecified atom stereocenters. The first-order chi connectivity index (χ1) is 9.20. The summed E-state index contributed by atoms with van der Waals surface area (Å²) in [5, 5.41) is 1.79. The van der Waals surface area contributed by atoms with Gasteiger partial charge in [0.1, 0.15) is 6.33 Å². The van der Waals surface area contributed by atoms with Crippen LogP contribution in [-0.2, 0) is 0 Å². The summed E-state index contributed by atoms with van der Waals surface area (Å²) in [4.78, 5) is 8.17. The highest BCUT2D eigenvalue weighted by molar-refractivity contribution is 7.99. The molecule has 1 aromatic carbocycles. The van der Waals surface area contributed by atoms with Gasteiger partial charge in [0.15, 0.2) is 0 Å². The molecule has 0 aliphatic carbocycles. The van der Waals surface area contributed by atoms with E-state index in [1.807, 2.05) is 24.3 Å².